The van der Waals surface area contributed by atoms with Gasteiger partial charge in [-0.2, -0.15) is 0 Å². The third kappa shape index (κ3) is 4.23. The highest BCUT2D eigenvalue weighted by Gasteiger charge is 2.45. The summed E-state index contributed by atoms with van der Waals surface area (Å²) >= 11 is 0. The molecule has 0 saturated carbocycles. The van der Waals surface area contributed by atoms with E-state index in [0.29, 0.717) is 51.2 Å². The lowest BCUT2D eigenvalue weighted by molar-refractivity contribution is -0.147. The van der Waals surface area contributed by atoms with Crippen LogP contribution in [0.15, 0.2) is 23.8 Å². The molecule has 0 spiro atoms. The largest absolute Gasteiger partial charge is 0.493 e. The topological polar surface area (TPSA) is 108 Å². The van der Waals surface area contributed by atoms with Crippen molar-refractivity contribution in [2.24, 2.45) is 5.92 Å². The van der Waals surface area contributed by atoms with Gasteiger partial charge in [0.2, 0.25) is 11.5 Å². The van der Waals surface area contributed by atoms with Gasteiger partial charge in [-0.1, -0.05) is 6.07 Å². The predicted octanol–water partition coefficient (Wildman–Crippen LogP) is 3.23. The zero-order valence-electron chi connectivity index (χ0n) is 21.5. The quantitative estimate of drug-likeness (QED) is 0.474. The van der Waals surface area contributed by atoms with Crippen LogP contribution in [0.5, 0.6) is 34.5 Å². The minimum atomic E-state index is -1.09. The van der Waals surface area contributed by atoms with Gasteiger partial charge in [-0.25, -0.2) is 4.79 Å². The third-order valence-corrected chi connectivity index (χ3v) is 6.15. The zero-order chi connectivity index (χ0) is 26.6. The van der Waals surface area contributed by atoms with E-state index in [9.17, 15) is 9.59 Å². The summed E-state index contributed by atoms with van der Waals surface area (Å²) in [6.45, 7) is 0. The maximum absolute atomic E-state index is 13.2. The number of rotatable bonds is 9. The summed E-state index contributed by atoms with van der Waals surface area (Å²) in [6.07, 6.45) is 1.55. The smallest absolute Gasteiger partial charge is 0.334 e. The zero-order valence-corrected chi connectivity index (χ0v) is 21.5. The Morgan fingerprint density at radius 3 is 1.72 bits per heavy atom. The summed E-state index contributed by atoms with van der Waals surface area (Å²) in [7, 11) is 11.4. The molecule has 0 bridgehead atoms. The molecule has 3 rings (SSSR count). The molecule has 0 aliphatic heterocycles. The van der Waals surface area contributed by atoms with Crippen molar-refractivity contribution in [3.8, 4) is 34.5 Å². The van der Waals surface area contributed by atoms with Crippen molar-refractivity contribution >= 4 is 18.0 Å². The molecule has 0 amide bonds. The Kier molecular flexibility index (Phi) is 8.18. The molecule has 36 heavy (non-hydrogen) atoms. The molecule has 0 radical (unpaired) electrons. The highest BCUT2D eigenvalue weighted by Crippen LogP contribution is 2.55. The van der Waals surface area contributed by atoms with E-state index in [1.165, 1.54) is 56.9 Å². The Balaban J connectivity index is 2.52. The van der Waals surface area contributed by atoms with Crippen LogP contribution < -0.4 is 28.4 Å². The van der Waals surface area contributed by atoms with Crippen molar-refractivity contribution in [1.29, 1.82) is 0 Å². The molecule has 0 aromatic heterocycles. The van der Waals surface area contributed by atoms with Gasteiger partial charge < -0.3 is 37.9 Å². The Morgan fingerprint density at radius 1 is 0.639 bits per heavy atom. The highest BCUT2D eigenvalue weighted by atomic mass is 16.5. The first kappa shape index (κ1) is 26.5. The lowest BCUT2D eigenvalue weighted by Crippen LogP contribution is -2.33. The van der Waals surface area contributed by atoms with Gasteiger partial charge in [0, 0.05) is 17.0 Å². The second-order valence-corrected chi connectivity index (χ2v) is 7.64. The number of fused-ring (bicyclic) bond motifs is 1. The predicted molar refractivity (Wildman–Crippen MR) is 130 cm³/mol. The fraction of sp³-hybridized carbons (Fsp3) is 0.385. The fourth-order valence-electron chi connectivity index (χ4n) is 4.62. The van der Waals surface area contributed by atoms with Crippen molar-refractivity contribution in [1.82, 2.24) is 0 Å². The Labute approximate surface area is 209 Å². The van der Waals surface area contributed by atoms with Crippen LogP contribution in [-0.2, 0) is 19.1 Å². The molecule has 2 aromatic carbocycles. The van der Waals surface area contributed by atoms with Crippen molar-refractivity contribution < 1.29 is 47.5 Å². The molecule has 0 N–H and O–H groups in total. The van der Waals surface area contributed by atoms with Crippen molar-refractivity contribution in [3.05, 3.63) is 40.5 Å². The number of esters is 2. The number of hydrogen-bond acceptors (Lipinski definition) is 10. The monoisotopic (exact) mass is 502 g/mol. The summed E-state index contributed by atoms with van der Waals surface area (Å²) < 4.78 is 43.7. The van der Waals surface area contributed by atoms with Crippen LogP contribution in [-0.4, -0.2) is 68.8 Å². The summed E-state index contributed by atoms with van der Waals surface area (Å²) in [6, 6.07) is 5.17. The average Bonchev–Trinajstić information content (AvgIpc) is 2.92. The first-order chi connectivity index (χ1) is 17.4. The lowest BCUT2D eigenvalue weighted by atomic mass is 9.70. The van der Waals surface area contributed by atoms with Crippen LogP contribution in [0.25, 0.3) is 6.08 Å². The number of methoxy groups -OCH3 is 8. The fourth-order valence-corrected chi connectivity index (χ4v) is 4.62. The van der Waals surface area contributed by atoms with E-state index < -0.39 is 23.8 Å². The summed E-state index contributed by atoms with van der Waals surface area (Å²) in [5.74, 6) is -1.14. The third-order valence-electron chi connectivity index (χ3n) is 6.15. The molecular weight excluding hydrogens is 472 g/mol. The average molecular weight is 503 g/mol. The number of ether oxygens (including phenoxy) is 8. The molecule has 194 valence electrons. The van der Waals surface area contributed by atoms with Crippen LogP contribution in [0.3, 0.4) is 0 Å². The summed E-state index contributed by atoms with van der Waals surface area (Å²) in [4.78, 5) is 26.2. The Bertz CT molecular complexity index is 1180. The number of carbonyl (C=O) groups excluding carboxylic acids is 2. The summed E-state index contributed by atoms with van der Waals surface area (Å²) in [5.41, 5.74) is 1.73. The van der Waals surface area contributed by atoms with Crippen molar-refractivity contribution in [3.63, 3.8) is 0 Å². The van der Waals surface area contributed by atoms with Crippen LogP contribution in [0.1, 0.15) is 22.6 Å². The minimum absolute atomic E-state index is 0.0733. The van der Waals surface area contributed by atoms with Gasteiger partial charge >= 0.3 is 11.9 Å². The molecular formula is C26H30O10. The Morgan fingerprint density at radius 2 is 1.22 bits per heavy atom. The van der Waals surface area contributed by atoms with E-state index in [2.05, 4.69) is 0 Å². The number of hydrogen-bond donors (Lipinski definition) is 0. The molecule has 1 aliphatic carbocycles. The van der Waals surface area contributed by atoms with Gasteiger partial charge in [0.25, 0.3) is 0 Å². The molecule has 0 fully saturated rings. The van der Waals surface area contributed by atoms with Gasteiger partial charge in [0.15, 0.2) is 23.0 Å². The van der Waals surface area contributed by atoms with Gasteiger partial charge in [0.1, 0.15) is 0 Å². The molecule has 0 heterocycles. The van der Waals surface area contributed by atoms with Crippen LogP contribution in [0, 0.1) is 5.92 Å². The maximum atomic E-state index is 13.2. The first-order valence-corrected chi connectivity index (χ1v) is 10.9. The molecule has 2 atom stereocenters. The normalized spacial score (nSPS) is 16.2. The second kappa shape index (κ2) is 11.1. The highest BCUT2D eigenvalue weighted by molar-refractivity contribution is 6.03. The maximum Gasteiger partial charge on any atom is 0.334 e. The van der Waals surface area contributed by atoms with E-state index in [0.717, 1.165) is 0 Å². The lowest BCUT2D eigenvalue weighted by Gasteiger charge is -2.34. The van der Waals surface area contributed by atoms with Crippen LogP contribution >= 0.6 is 0 Å². The second-order valence-electron chi connectivity index (χ2n) is 7.64. The molecule has 10 nitrogen and oxygen atoms in total. The standard InChI is InChI=1S/C26H30O10/c1-29-17-10-9-13(21(31-3)23(17)33-5)19-14-12-18(30-2)24(34-6)22(32-4)15(14)11-16(25(27)35-7)20(19)26(28)36-8/h9-12,19-20H,1-8H3/t19-,20?/m0/s1. The van der Waals surface area contributed by atoms with E-state index >= 15 is 0 Å². The van der Waals surface area contributed by atoms with Gasteiger partial charge in [0.05, 0.1) is 68.4 Å². The molecule has 0 saturated heterocycles. The summed E-state index contributed by atoms with van der Waals surface area (Å²) in [5, 5.41) is 0. The van der Waals surface area contributed by atoms with Gasteiger partial charge in [-0.15, -0.1) is 0 Å². The number of carbonyl (C=O) groups is 2. The Hall–Kier alpha value is -4.08. The molecule has 1 aliphatic rings. The van der Waals surface area contributed by atoms with Crippen molar-refractivity contribution in [2.45, 2.75) is 5.92 Å². The van der Waals surface area contributed by atoms with E-state index in [1.54, 1.807) is 24.3 Å². The minimum Gasteiger partial charge on any atom is -0.493 e. The molecule has 10 heteroatoms. The van der Waals surface area contributed by atoms with Crippen LogP contribution in [0.4, 0.5) is 0 Å². The van der Waals surface area contributed by atoms with E-state index in [4.69, 9.17) is 37.9 Å². The van der Waals surface area contributed by atoms with E-state index in [-0.39, 0.29) is 5.57 Å². The van der Waals surface area contributed by atoms with E-state index in [1.807, 2.05) is 0 Å². The first-order valence-electron chi connectivity index (χ1n) is 10.9. The van der Waals surface area contributed by atoms with Crippen molar-refractivity contribution in [2.75, 3.05) is 56.9 Å². The molecule has 2 aromatic rings. The SMILES string of the molecule is COC(=O)C1=Cc2c(cc(OC)c(OC)c2OC)[C@H](c2ccc(OC)c(OC)c2OC)C1C(=O)OC. The van der Waals surface area contributed by atoms with Gasteiger partial charge in [-0.05, 0) is 23.8 Å². The van der Waals surface area contributed by atoms with Gasteiger partial charge in [-0.3, -0.25) is 4.79 Å². The molecule has 1 unspecified atom stereocenters. The number of benzene rings is 2. The van der Waals surface area contributed by atoms with Crippen LogP contribution in [0.2, 0.25) is 0 Å².